The van der Waals surface area contributed by atoms with Crippen LogP contribution in [-0.4, -0.2) is 15.5 Å². The number of benzene rings is 3. The van der Waals surface area contributed by atoms with Crippen LogP contribution in [0.25, 0.3) is 0 Å². The summed E-state index contributed by atoms with van der Waals surface area (Å²) in [6.07, 6.45) is 5.40. The first-order chi connectivity index (χ1) is 15.4. The molecule has 0 fully saturated rings. The SMILES string of the molecule is COc1ccc(NS(=O)(=O)c2ccc3c(c2)[C@@H]2C=CC[C@@H]2[C@@H](c2ccc(C)cc2)N3)cc1. The molecule has 1 aliphatic carbocycles. The van der Waals surface area contributed by atoms with Crippen molar-refractivity contribution < 1.29 is 13.2 Å². The van der Waals surface area contributed by atoms with Crippen molar-refractivity contribution in [3.05, 3.63) is 95.6 Å². The van der Waals surface area contributed by atoms with Crippen LogP contribution >= 0.6 is 0 Å². The first kappa shape index (κ1) is 20.6. The van der Waals surface area contributed by atoms with Gasteiger partial charge in [0.25, 0.3) is 10.0 Å². The molecule has 0 radical (unpaired) electrons. The van der Waals surface area contributed by atoms with Gasteiger partial charge in [-0.05, 0) is 72.9 Å². The molecule has 0 aromatic heterocycles. The summed E-state index contributed by atoms with van der Waals surface area (Å²) in [5.74, 6) is 1.22. The fourth-order valence-corrected chi connectivity index (χ4v) is 5.81. The highest BCUT2D eigenvalue weighted by atomic mass is 32.2. The largest absolute Gasteiger partial charge is 0.497 e. The molecule has 6 heteroatoms. The van der Waals surface area contributed by atoms with E-state index in [1.165, 1.54) is 11.1 Å². The first-order valence-corrected chi connectivity index (χ1v) is 12.2. The van der Waals surface area contributed by atoms with Crippen LogP contribution in [0.2, 0.25) is 0 Å². The van der Waals surface area contributed by atoms with E-state index in [0.29, 0.717) is 17.4 Å². The Bertz CT molecular complexity index is 1270. The maximum absolute atomic E-state index is 13.1. The molecule has 3 aromatic rings. The van der Waals surface area contributed by atoms with Crippen molar-refractivity contribution in [2.24, 2.45) is 5.92 Å². The molecule has 1 aliphatic heterocycles. The van der Waals surface area contributed by atoms with Crippen LogP contribution in [0.5, 0.6) is 5.75 Å². The van der Waals surface area contributed by atoms with Gasteiger partial charge in [-0.15, -0.1) is 0 Å². The molecule has 0 amide bonds. The average molecular weight is 447 g/mol. The number of fused-ring (bicyclic) bond motifs is 3. The van der Waals surface area contributed by atoms with Crippen molar-refractivity contribution in [1.82, 2.24) is 0 Å². The molecule has 2 aliphatic rings. The van der Waals surface area contributed by atoms with Gasteiger partial charge in [-0.25, -0.2) is 8.42 Å². The first-order valence-electron chi connectivity index (χ1n) is 10.8. The Labute approximate surface area is 189 Å². The van der Waals surface area contributed by atoms with E-state index in [4.69, 9.17) is 4.74 Å². The molecule has 32 heavy (non-hydrogen) atoms. The lowest BCUT2D eigenvalue weighted by molar-refractivity contribution is 0.415. The number of hydrogen-bond donors (Lipinski definition) is 2. The van der Waals surface area contributed by atoms with Gasteiger partial charge < -0.3 is 10.1 Å². The van der Waals surface area contributed by atoms with Gasteiger partial charge in [-0.2, -0.15) is 0 Å². The van der Waals surface area contributed by atoms with E-state index in [0.717, 1.165) is 17.7 Å². The van der Waals surface area contributed by atoms with Crippen LogP contribution in [-0.2, 0) is 10.0 Å². The normalized spacial score (nSPS) is 21.4. The number of ether oxygens (including phenoxy) is 1. The van der Waals surface area contributed by atoms with E-state index in [2.05, 4.69) is 53.4 Å². The topological polar surface area (TPSA) is 67.4 Å². The van der Waals surface area contributed by atoms with Gasteiger partial charge in [0.05, 0.1) is 18.0 Å². The van der Waals surface area contributed by atoms with Crippen LogP contribution in [0.3, 0.4) is 0 Å². The third kappa shape index (κ3) is 3.75. The summed E-state index contributed by atoms with van der Waals surface area (Å²) in [5.41, 5.74) is 5.03. The van der Waals surface area contributed by atoms with Crippen molar-refractivity contribution >= 4 is 21.4 Å². The standard InChI is InChI=1S/C26H26N2O3S/c1-17-6-8-18(9-7-17)26-23-5-3-4-22(23)24-16-21(14-15-25(24)27-26)32(29,30)28-19-10-12-20(31-2)13-11-19/h3-4,6-16,22-23,26-28H,5H2,1-2H3/t22-,23+,26-/m1/s1. The lowest BCUT2D eigenvalue weighted by atomic mass is 9.77. The third-order valence-electron chi connectivity index (χ3n) is 6.42. The molecule has 164 valence electrons. The zero-order chi connectivity index (χ0) is 22.3. The lowest BCUT2D eigenvalue weighted by Gasteiger charge is -2.37. The number of anilines is 2. The van der Waals surface area contributed by atoms with E-state index >= 15 is 0 Å². The minimum atomic E-state index is -3.71. The Hall–Kier alpha value is -3.25. The van der Waals surface area contributed by atoms with Crippen molar-refractivity contribution in [3.8, 4) is 5.75 Å². The van der Waals surface area contributed by atoms with E-state index in [1.807, 2.05) is 12.1 Å². The van der Waals surface area contributed by atoms with Crippen molar-refractivity contribution in [1.29, 1.82) is 0 Å². The minimum Gasteiger partial charge on any atom is -0.497 e. The highest BCUT2D eigenvalue weighted by molar-refractivity contribution is 7.92. The van der Waals surface area contributed by atoms with Crippen molar-refractivity contribution in [2.75, 3.05) is 17.1 Å². The molecule has 5 rings (SSSR count). The Morgan fingerprint density at radius 2 is 1.75 bits per heavy atom. The quantitative estimate of drug-likeness (QED) is 0.499. The molecule has 2 N–H and O–H groups in total. The third-order valence-corrected chi connectivity index (χ3v) is 7.80. The lowest BCUT2D eigenvalue weighted by Crippen LogP contribution is -2.29. The van der Waals surface area contributed by atoms with E-state index in [1.54, 1.807) is 37.4 Å². The van der Waals surface area contributed by atoms with Crippen LogP contribution in [0, 0.1) is 12.8 Å². The van der Waals surface area contributed by atoms with Gasteiger partial charge in [0.15, 0.2) is 0 Å². The van der Waals surface area contributed by atoms with Crippen molar-refractivity contribution in [2.45, 2.75) is 30.2 Å². The molecule has 3 atom stereocenters. The molecule has 0 spiro atoms. The molecule has 0 saturated carbocycles. The van der Waals surface area contributed by atoms with E-state index in [-0.39, 0.29) is 16.9 Å². The smallest absolute Gasteiger partial charge is 0.261 e. The van der Waals surface area contributed by atoms with Crippen LogP contribution < -0.4 is 14.8 Å². The Kier molecular flexibility index (Phi) is 5.18. The van der Waals surface area contributed by atoms with Gasteiger partial charge in [0.2, 0.25) is 0 Å². The van der Waals surface area contributed by atoms with Gasteiger partial charge in [-0.1, -0.05) is 42.0 Å². The summed E-state index contributed by atoms with van der Waals surface area (Å²) in [6.45, 7) is 2.09. The zero-order valence-corrected chi connectivity index (χ0v) is 18.9. The van der Waals surface area contributed by atoms with Gasteiger partial charge in [0, 0.05) is 17.3 Å². The number of rotatable bonds is 5. The molecule has 1 heterocycles. The second-order valence-electron chi connectivity index (χ2n) is 8.47. The molecule has 0 bridgehead atoms. The number of hydrogen-bond acceptors (Lipinski definition) is 4. The van der Waals surface area contributed by atoms with Crippen molar-refractivity contribution in [3.63, 3.8) is 0 Å². The number of methoxy groups -OCH3 is 1. The van der Waals surface area contributed by atoms with E-state index < -0.39 is 10.0 Å². The molecule has 3 aromatic carbocycles. The van der Waals surface area contributed by atoms with Crippen LogP contribution in [0.1, 0.15) is 35.1 Å². The second kappa shape index (κ2) is 8.02. The monoisotopic (exact) mass is 446 g/mol. The molecule has 5 nitrogen and oxygen atoms in total. The zero-order valence-electron chi connectivity index (χ0n) is 18.1. The Morgan fingerprint density at radius 1 is 1.00 bits per heavy atom. The van der Waals surface area contributed by atoms with Gasteiger partial charge >= 0.3 is 0 Å². The molecule has 0 saturated heterocycles. The highest BCUT2D eigenvalue weighted by Gasteiger charge is 2.38. The summed E-state index contributed by atoms with van der Waals surface area (Å²) in [4.78, 5) is 0.265. The van der Waals surface area contributed by atoms with Gasteiger partial charge in [0.1, 0.15) is 5.75 Å². The van der Waals surface area contributed by atoms with E-state index in [9.17, 15) is 8.42 Å². The molecular weight excluding hydrogens is 420 g/mol. The highest BCUT2D eigenvalue weighted by Crippen LogP contribution is 2.50. The molecular formula is C26H26N2O3S. The van der Waals surface area contributed by atoms with Crippen LogP contribution in [0.15, 0.2) is 83.8 Å². The average Bonchev–Trinajstić information content (AvgIpc) is 3.29. The van der Waals surface area contributed by atoms with Crippen LogP contribution in [0.4, 0.5) is 11.4 Å². The summed E-state index contributed by atoms with van der Waals surface area (Å²) in [5, 5.41) is 3.68. The second-order valence-corrected chi connectivity index (χ2v) is 10.2. The Morgan fingerprint density at radius 3 is 2.47 bits per heavy atom. The summed E-state index contributed by atoms with van der Waals surface area (Å²) >= 11 is 0. The number of nitrogens with one attached hydrogen (secondary N) is 2. The molecule has 0 unspecified atom stereocenters. The number of sulfonamides is 1. The maximum atomic E-state index is 13.1. The van der Waals surface area contributed by atoms with Gasteiger partial charge in [-0.3, -0.25) is 4.72 Å². The number of allylic oxidation sites excluding steroid dienone is 2. The summed E-state index contributed by atoms with van der Waals surface area (Å²) in [7, 11) is -2.13. The fourth-order valence-electron chi connectivity index (χ4n) is 4.72. The maximum Gasteiger partial charge on any atom is 0.261 e. The predicted molar refractivity (Wildman–Crippen MR) is 128 cm³/mol. The number of aryl methyl sites for hydroxylation is 1. The summed E-state index contributed by atoms with van der Waals surface area (Å²) in [6, 6.07) is 21.1. The fraction of sp³-hybridized carbons (Fsp3) is 0.231. The predicted octanol–water partition coefficient (Wildman–Crippen LogP) is 5.63. The minimum absolute atomic E-state index is 0.189. The summed E-state index contributed by atoms with van der Waals surface area (Å²) < 4.78 is 34.0. The Balaban J connectivity index is 1.46.